The van der Waals surface area contributed by atoms with E-state index in [-0.39, 0.29) is 0 Å². The molecule has 0 atom stereocenters. The monoisotopic (exact) mass is 545 g/mol. The molecule has 42 heavy (non-hydrogen) atoms. The summed E-state index contributed by atoms with van der Waals surface area (Å²) >= 11 is 0. The van der Waals surface area contributed by atoms with Crippen LogP contribution in [0.3, 0.4) is 0 Å². The molecule has 0 N–H and O–H groups in total. The highest BCUT2D eigenvalue weighted by Gasteiger charge is 2.49. The number of rotatable bonds is 5. The maximum atomic E-state index is 6.39. The first kappa shape index (κ1) is 24.3. The third-order valence-electron chi connectivity index (χ3n) is 10.6. The second-order valence-electron chi connectivity index (χ2n) is 13.0. The Labute approximate surface area is 247 Å². The van der Waals surface area contributed by atoms with E-state index in [1.165, 1.54) is 70.9 Å². The first-order valence-electron chi connectivity index (χ1n) is 15.7. The van der Waals surface area contributed by atoms with Crippen molar-refractivity contribution >= 4 is 39.0 Å². The van der Waals surface area contributed by atoms with Gasteiger partial charge >= 0.3 is 0 Å². The van der Waals surface area contributed by atoms with Crippen LogP contribution < -0.4 is 4.90 Å². The van der Waals surface area contributed by atoms with E-state index in [0.29, 0.717) is 5.92 Å². The molecule has 5 aromatic carbocycles. The number of anilines is 3. The average Bonchev–Trinajstić information content (AvgIpc) is 3.40. The third kappa shape index (κ3) is 3.92. The van der Waals surface area contributed by atoms with Crippen LogP contribution in [0, 0.1) is 23.7 Å². The topological polar surface area (TPSA) is 16.4 Å². The van der Waals surface area contributed by atoms with Gasteiger partial charge in [0.2, 0.25) is 0 Å². The van der Waals surface area contributed by atoms with E-state index in [1.807, 2.05) is 6.07 Å². The van der Waals surface area contributed by atoms with E-state index >= 15 is 0 Å². The molecule has 0 spiro atoms. The lowest BCUT2D eigenvalue weighted by molar-refractivity contribution is -0.00259. The van der Waals surface area contributed by atoms with Crippen molar-refractivity contribution < 1.29 is 4.42 Å². The van der Waals surface area contributed by atoms with Crippen molar-refractivity contribution in [1.29, 1.82) is 0 Å². The number of para-hydroxylation sites is 2. The fourth-order valence-corrected chi connectivity index (χ4v) is 9.12. The third-order valence-corrected chi connectivity index (χ3v) is 10.6. The Morgan fingerprint density at radius 2 is 1.12 bits per heavy atom. The molecule has 206 valence electrons. The number of furan rings is 1. The molecule has 1 aromatic heterocycles. The number of hydrogen-bond donors (Lipinski definition) is 0. The summed E-state index contributed by atoms with van der Waals surface area (Å²) in [6.45, 7) is 0. The molecule has 0 radical (unpaired) electrons. The average molecular weight is 546 g/mol. The Bertz CT molecular complexity index is 1870. The van der Waals surface area contributed by atoms with E-state index in [1.54, 1.807) is 0 Å². The van der Waals surface area contributed by atoms with Gasteiger partial charge in [0.25, 0.3) is 0 Å². The largest absolute Gasteiger partial charge is 0.456 e. The number of benzene rings is 5. The van der Waals surface area contributed by atoms with Crippen LogP contribution in [0.2, 0.25) is 0 Å². The lowest BCUT2D eigenvalue weighted by Crippen LogP contribution is -2.44. The zero-order chi connectivity index (χ0) is 27.6. The number of fused-ring (bicyclic) bond motifs is 3. The van der Waals surface area contributed by atoms with Crippen LogP contribution in [0.15, 0.2) is 126 Å². The van der Waals surface area contributed by atoms with Crippen molar-refractivity contribution in [3.05, 3.63) is 127 Å². The van der Waals surface area contributed by atoms with Crippen LogP contribution in [0.5, 0.6) is 0 Å². The fourth-order valence-electron chi connectivity index (χ4n) is 9.12. The molecular formula is C40H35NO. The normalized spacial score (nSPS) is 24.4. The lowest BCUT2D eigenvalue weighted by Gasteiger charge is -2.55. The zero-order valence-electron chi connectivity index (χ0n) is 23.8. The van der Waals surface area contributed by atoms with Crippen molar-refractivity contribution in [2.75, 3.05) is 4.90 Å². The molecule has 4 aliphatic carbocycles. The molecule has 0 amide bonds. The van der Waals surface area contributed by atoms with Crippen molar-refractivity contribution in [3.63, 3.8) is 0 Å². The Kier molecular flexibility index (Phi) is 5.57. The summed E-state index contributed by atoms with van der Waals surface area (Å²) in [6, 6.07) is 44.2. The molecule has 2 nitrogen and oxygen atoms in total. The highest BCUT2D eigenvalue weighted by Crippen LogP contribution is 2.61. The molecule has 0 aliphatic heterocycles. The Balaban J connectivity index is 1.20. The van der Waals surface area contributed by atoms with E-state index in [0.717, 1.165) is 40.5 Å². The second kappa shape index (κ2) is 9.63. The maximum absolute atomic E-state index is 6.39. The SMILES string of the molecule is c1ccc(-c2ccc(N(c3ccc4c(c3)oc3ccccc34)c3ccccc3C3C4CC5CC(C4)CC3C5)cc2)cc1. The summed E-state index contributed by atoms with van der Waals surface area (Å²) in [5.41, 5.74) is 9.53. The van der Waals surface area contributed by atoms with Crippen LogP contribution in [0.1, 0.15) is 43.6 Å². The Morgan fingerprint density at radius 3 is 1.90 bits per heavy atom. The minimum absolute atomic E-state index is 0.648. The highest BCUT2D eigenvalue weighted by molar-refractivity contribution is 6.06. The summed E-state index contributed by atoms with van der Waals surface area (Å²) in [6.07, 6.45) is 7.16. The quantitative estimate of drug-likeness (QED) is 0.214. The van der Waals surface area contributed by atoms with Gasteiger partial charge in [-0.3, -0.25) is 0 Å². The van der Waals surface area contributed by atoms with E-state index in [2.05, 4.69) is 120 Å². The minimum atomic E-state index is 0.648. The van der Waals surface area contributed by atoms with Gasteiger partial charge in [-0.2, -0.15) is 0 Å². The number of nitrogens with zero attached hydrogens (tertiary/aromatic N) is 1. The van der Waals surface area contributed by atoms with Crippen LogP contribution in [0.4, 0.5) is 17.1 Å². The van der Waals surface area contributed by atoms with Crippen LogP contribution in [0.25, 0.3) is 33.1 Å². The predicted octanol–water partition coefficient (Wildman–Crippen LogP) is 11.3. The fraction of sp³-hybridized carbons (Fsp3) is 0.250. The van der Waals surface area contributed by atoms with Crippen molar-refractivity contribution in [2.45, 2.75) is 38.0 Å². The van der Waals surface area contributed by atoms with E-state index in [4.69, 9.17) is 4.42 Å². The second-order valence-corrected chi connectivity index (χ2v) is 13.0. The number of hydrogen-bond acceptors (Lipinski definition) is 2. The van der Waals surface area contributed by atoms with Gasteiger partial charge in [0.15, 0.2) is 0 Å². The molecule has 4 saturated carbocycles. The van der Waals surface area contributed by atoms with E-state index < -0.39 is 0 Å². The molecule has 4 bridgehead atoms. The van der Waals surface area contributed by atoms with Gasteiger partial charge in [0, 0.05) is 33.9 Å². The van der Waals surface area contributed by atoms with Gasteiger partial charge in [-0.25, -0.2) is 0 Å². The Hall–Kier alpha value is -4.30. The molecule has 4 aliphatic rings. The first-order chi connectivity index (χ1) is 20.8. The Morgan fingerprint density at radius 1 is 0.500 bits per heavy atom. The summed E-state index contributed by atoms with van der Waals surface area (Å²) in [5.74, 6) is 4.22. The van der Waals surface area contributed by atoms with Gasteiger partial charge in [-0.1, -0.05) is 78.9 Å². The van der Waals surface area contributed by atoms with E-state index in [9.17, 15) is 0 Å². The molecule has 0 saturated heterocycles. The van der Waals surface area contributed by atoms with Gasteiger partial charge in [0.1, 0.15) is 11.2 Å². The summed E-state index contributed by atoms with van der Waals surface area (Å²) in [7, 11) is 0. The van der Waals surface area contributed by atoms with Crippen LogP contribution in [-0.4, -0.2) is 0 Å². The van der Waals surface area contributed by atoms with Crippen LogP contribution >= 0.6 is 0 Å². The van der Waals surface area contributed by atoms with Crippen molar-refractivity contribution in [2.24, 2.45) is 23.7 Å². The summed E-state index contributed by atoms with van der Waals surface area (Å²) in [4.78, 5) is 2.49. The summed E-state index contributed by atoms with van der Waals surface area (Å²) in [5, 5.41) is 2.34. The minimum Gasteiger partial charge on any atom is -0.456 e. The zero-order valence-corrected chi connectivity index (χ0v) is 23.8. The maximum Gasteiger partial charge on any atom is 0.137 e. The van der Waals surface area contributed by atoms with Gasteiger partial charge < -0.3 is 9.32 Å². The smallest absolute Gasteiger partial charge is 0.137 e. The standard InChI is InChI=1S/C40H35NO/c1-2-8-28(9-3-1)29-14-16-32(17-15-29)41(33-18-19-35-34-10-5-7-13-38(34)42-39(35)25-33)37-12-6-4-11-36(37)40-30-21-26-20-27(23-30)24-31(40)22-26/h1-19,25-27,30-31,40H,20-24H2. The van der Waals surface area contributed by atoms with Gasteiger partial charge in [0.05, 0.1) is 0 Å². The molecule has 0 unspecified atom stereocenters. The van der Waals surface area contributed by atoms with Crippen molar-refractivity contribution in [3.8, 4) is 11.1 Å². The summed E-state index contributed by atoms with van der Waals surface area (Å²) < 4.78 is 6.39. The molecule has 10 rings (SSSR count). The van der Waals surface area contributed by atoms with Crippen molar-refractivity contribution in [1.82, 2.24) is 0 Å². The van der Waals surface area contributed by atoms with Gasteiger partial charge in [-0.05, 0) is 115 Å². The molecule has 2 heteroatoms. The molecule has 1 heterocycles. The molecular weight excluding hydrogens is 510 g/mol. The van der Waals surface area contributed by atoms with Gasteiger partial charge in [-0.15, -0.1) is 0 Å². The lowest BCUT2D eigenvalue weighted by atomic mass is 9.50. The first-order valence-corrected chi connectivity index (χ1v) is 15.7. The molecule has 4 fully saturated rings. The van der Waals surface area contributed by atoms with Crippen LogP contribution in [-0.2, 0) is 0 Å². The molecule has 6 aromatic rings. The predicted molar refractivity (Wildman–Crippen MR) is 174 cm³/mol. The highest BCUT2D eigenvalue weighted by atomic mass is 16.3.